The zero-order chi connectivity index (χ0) is 22.3. The summed E-state index contributed by atoms with van der Waals surface area (Å²) in [5.41, 5.74) is 4.55. The highest BCUT2D eigenvalue weighted by Crippen LogP contribution is 2.66. The fourth-order valence-electron chi connectivity index (χ4n) is 2.22. The van der Waals surface area contributed by atoms with Crippen LogP contribution >= 0.6 is 23.2 Å². The van der Waals surface area contributed by atoms with Crippen molar-refractivity contribution in [1.82, 2.24) is 14.9 Å². The number of aromatic nitrogens is 2. The van der Waals surface area contributed by atoms with E-state index in [1.54, 1.807) is 0 Å². The lowest BCUT2D eigenvalue weighted by Gasteiger charge is -2.28. The minimum atomic E-state index is -5.54. The van der Waals surface area contributed by atoms with Crippen LogP contribution in [0.15, 0.2) is 11.3 Å². The first-order valence-corrected chi connectivity index (χ1v) is 12.4. The standard InChI is InChI=1S/C10H20N5O11P3/c1-10(2,3-15-4-12-6-7(15)13-9(11)14-8(6)16)24-5-27(17,18)25-29(22,23)26-28(19,20)21/h4,8,16H,3,5H2,1-2H3,(H,17,18)(H,22,23)(H3,11,13,14)(H2,19,20,21). The molecule has 3 unspecified atom stereocenters. The Kier molecular flexibility index (Phi) is 6.80. The maximum absolute atomic E-state index is 11.9. The Morgan fingerprint density at radius 1 is 1.24 bits per heavy atom. The van der Waals surface area contributed by atoms with Gasteiger partial charge in [-0.25, -0.2) is 18.4 Å². The Morgan fingerprint density at radius 3 is 2.45 bits per heavy atom. The van der Waals surface area contributed by atoms with Crippen molar-refractivity contribution in [3.05, 3.63) is 12.0 Å². The van der Waals surface area contributed by atoms with E-state index in [2.05, 4.69) is 23.9 Å². The topological polar surface area (TPSA) is 248 Å². The Balaban J connectivity index is 2.05. The maximum atomic E-state index is 11.9. The zero-order valence-corrected chi connectivity index (χ0v) is 17.7. The summed E-state index contributed by atoms with van der Waals surface area (Å²) < 4.78 is 48.0. The van der Waals surface area contributed by atoms with E-state index in [0.717, 1.165) is 0 Å². The number of fused-ring (bicyclic) bond motifs is 1. The quantitative estimate of drug-likeness (QED) is 0.222. The van der Waals surface area contributed by atoms with E-state index >= 15 is 0 Å². The van der Waals surface area contributed by atoms with Crippen molar-refractivity contribution in [1.29, 1.82) is 0 Å². The predicted molar refractivity (Wildman–Crippen MR) is 95.5 cm³/mol. The molecule has 2 rings (SSSR count). The monoisotopic (exact) mass is 479 g/mol. The van der Waals surface area contributed by atoms with Gasteiger partial charge in [0.05, 0.1) is 18.5 Å². The first-order valence-electron chi connectivity index (χ1n) is 7.59. The van der Waals surface area contributed by atoms with Crippen LogP contribution in [0.5, 0.6) is 0 Å². The SMILES string of the molecule is CC(C)(Cn1cnc2c1N=C(N)NC2O)OCP(=O)(O)OP(=O)(O)OP(=O)(O)O. The van der Waals surface area contributed by atoms with Gasteiger partial charge >= 0.3 is 23.2 Å². The molecule has 16 nitrogen and oxygen atoms in total. The minimum absolute atomic E-state index is 0.00536. The molecule has 0 saturated heterocycles. The van der Waals surface area contributed by atoms with Crippen molar-refractivity contribution < 1.29 is 51.7 Å². The van der Waals surface area contributed by atoms with Crippen molar-refractivity contribution in [3.8, 4) is 0 Å². The lowest BCUT2D eigenvalue weighted by Crippen LogP contribution is -2.37. The van der Waals surface area contributed by atoms with Crippen LogP contribution in [0, 0.1) is 0 Å². The number of nitrogens with two attached hydrogens (primary N) is 1. The zero-order valence-electron chi connectivity index (χ0n) is 15.0. The fraction of sp³-hybridized carbons (Fsp3) is 0.600. The van der Waals surface area contributed by atoms with Crippen LogP contribution in [0.1, 0.15) is 25.8 Å². The number of guanidine groups is 1. The van der Waals surface area contributed by atoms with Crippen LogP contribution in [0.3, 0.4) is 0 Å². The van der Waals surface area contributed by atoms with Crippen LogP contribution < -0.4 is 11.1 Å². The molecule has 2 heterocycles. The summed E-state index contributed by atoms with van der Waals surface area (Å²) in [6.07, 6.45) is -0.957. The van der Waals surface area contributed by atoms with Crippen molar-refractivity contribution >= 4 is 35.0 Å². The van der Waals surface area contributed by atoms with Crippen molar-refractivity contribution in [2.75, 3.05) is 6.35 Å². The molecule has 1 aromatic rings. The number of ether oxygens (including phenoxy) is 1. The van der Waals surface area contributed by atoms with Crippen molar-refractivity contribution in [2.24, 2.45) is 10.7 Å². The van der Waals surface area contributed by atoms with Crippen molar-refractivity contribution in [2.45, 2.75) is 32.2 Å². The molecule has 0 aromatic carbocycles. The van der Waals surface area contributed by atoms with Gasteiger partial charge < -0.3 is 45.0 Å². The molecular formula is C10H20N5O11P3. The molecular weight excluding hydrogens is 459 g/mol. The summed E-state index contributed by atoms with van der Waals surface area (Å²) in [5.74, 6) is 0.172. The highest BCUT2D eigenvalue weighted by Gasteiger charge is 2.40. The van der Waals surface area contributed by atoms with Gasteiger partial charge in [0, 0.05) is 0 Å². The van der Waals surface area contributed by atoms with Gasteiger partial charge in [-0.2, -0.15) is 9.30 Å². The second-order valence-electron chi connectivity index (χ2n) is 6.42. The Labute approximate surface area is 163 Å². The molecule has 166 valence electrons. The number of hydrogen-bond acceptors (Lipinski definition) is 11. The second-order valence-corrected chi connectivity index (χ2v) is 11.2. The molecule has 19 heteroatoms. The molecule has 8 N–H and O–H groups in total. The van der Waals surface area contributed by atoms with E-state index in [1.807, 2.05) is 0 Å². The number of nitrogens with zero attached hydrogens (tertiary/aromatic N) is 3. The van der Waals surface area contributed by atoms with Gasteiger partial charge in [-0.1, -0.05) is 0 Å². The molecule has 29 heavy (non-hydrogen) atoms. The molecule has 1 aromatic heterocycles. The summed E-state index contributed by atoms with van der Waals surface area (Å²) in [6, 6.07) is 0. The third-order valence-corrected chi connectivity index (χ3v) is 7.20. The van der Waals surface area contributed by atoms with Gasteiger partial charge in [-0.15, -0.1) is 0 Å². The first-order chi connectivity index (χ1) is 13.0. The molecule has 3 atom stereocenters. The smallest absolute Gasteiger partial charge is 0.370 e. The van der Waals surface area contributed by atoms with Gasteiger partial charge in [0.2, 0.25) is 0 Å². The van der Waals surface area contributed by atoms with Crippen molar-refractivity contribution in [3.63, 3.8) is 0 Å². The van der Waals surface area contributed by atoms with E-state index < -0.39 is 41.4 Å². The summed E-state index contributed by atoms with van der Waals surface area (Å²) in [5, 5.41) is 12.3. The summed E-state index contributed by atoms with van der Waals surface area (Å²) in [4.78, 5) is 43.8. The largest absolute Gasteiger partial charge is 0.488 e. The van der Waals surface area contributed by atoms with Crippen LogP contribution in [0.25, 0.3) is 0 Å². The third kappa shape index (κ3) is 7.24. The average molecular weight is 479 g/mol. The highest BCUT2D eigenvalue weighted by atomic mass is 31.3. The van der Waals surface area contributed by atoms with Gasteiger partial charge in [0.15, 0.2) is 18.0 Å². The van der Waals surface area contributed by atoms with Crippen LogP contribution in [0.4, 0.5) is 5.82 Å². The summed E-state index contributed by atoms with van der Waals surface area (Å²) >= 11 is 0. The number of aliphatic hydroxyl groups excluding tert-OH is 1. The molecule has 0 aliphatic carbocycles. The van der Waals surface area contributed by atoms with E-state index in [9.17, 15) is 23.7 Å². The number of hydrogen-bond donors (Lipinski definition) is 7. The molecule has 1 aliphatic rings. The maximum Gasteiger partial charge on any atom is 0.488 e. The number of nitrogens with one attached hydrogen (secondary N) is 1. The second kappa shape index (κ2) is 8.17. The predicted octanol–water partition coefficient (Wildman–Crippen LogP) is -0.412. The molecule has 0 bridgehead atoms. The van der Waals surface area contributed by atoms with Gasteiger partial charge in [0.25, 0.3) is 0 Å². The normalized spacial score (nSPS) is 21.5. The van der Waals surface area contributed by atoms with E-state index in [-0.39, 0.29) is 24.0 Å². The van der Waals surface area contributed by atoms with E-state index in [0.29, 0.717) is 0 Å². The Morgan fingerprint density at radius 2 is 1.86 bits per heavy atom. The molecule has 0 radical (unpaired) electrons. The Hall–Kier alpha value is -1.15. The fourth-order valence-corrected chi connectivity index (χ4v) is 5.68. The molecule has 0 saturated carbocycles. The molecule has 0 spiro atoms. The van der Waals surface area contributed by atoms with Crippen LogP contribution in [0.2, 0.25) is 0 Å². The summed E-state index contributed by atoms with van der Waals surface area (Å²) in [6.45, 7) is 2.98. The lowest BCUT2D eigenvalue weighted by molar-refractivity contribution is -0.0110. The number of imidazole rings is 1. The number of aliphatic imine (C=N–C) groups is 1. The van der Waals surface area contributed by atoms with Crippen LogP contribution in [-0.2, 0) is 33.6 Å². The summed E-state index contributed by atoms with van der Waals surface area (Å²) in [7, 11) is -16.0. The number of aliphatic hydroxyl groups is 1. The molecule has 1 aliphatic heterocycles. The minimum Gasteiger partial charge on any atom is -0.370 e. The van der Waals surface area contributed by atoms with Gasteiger partial charge in [0.1, 0.15) is 12.0 Å². The van der Waals surface area contributed by atoms with E-state index in [4.69, 9.17) is 25.2 Å². The molecule has 0 fully saturated rings. The van der Waals surface area contributed by atoms with Gasteiger partial charge in [-0.05, 0) is 13.8 Å². The van der Waals surface area contributed by atoms with Gasteiger partial charge in [-0.3, -0.25) is 4.57 Å². The first kappa shape index (κ1) is 24.1. The number of rotatable bonds is 9. The Bertz CT molecular complexity index is 940. The third-order valence-electron chi connectivity index (χ3n) is 3.22. The van der Waals surface area contributed by atoms with Crippen LogP contribution in [-0.4, -0.2) is 52.1 Å². The number of phosphoric acid groups is 2. The highest BCUT2D eigenvalue weighted by molar-refractivity contribution is 7.68. The molecule has 0 amide bonds. The van der Waals surface area contributed by atoms with E-state index in [1.165, 1.54) is 24.7 Å². The average Bonchev–Trinajstić information content (AvgIpc) is 2.84. The lowest BCUT2D eigenvalue weighted by atomic mass is 10.1.